The number of anilines is 1. The number of hydrogen-bond acceptors (Lipinski definition) is 6. The smallest absolute Gasteiger partial charge is 0.264 e. The molecular weight excluding hydrogens is 384 g/mol. The first-order chi connectivity index (χ1) is 14.4. The number of nitrogens with zero attached hydrogens (tertiary/aromatic N) is 2. The number of aromatic amines is 1. The lowest BCUT2D eigenvalue weighted by Gasteiger charge is -2.14. The molecule has 1 aromatic heterocycles. The maximum absolute atomic E-state index is 12.3. The molecule has 0 saturated heterocycles. The van der Waals surface area contributed by atoms with Gasteiger partial charge in [0, 0.05) is 5.56 Å². The second-order valence-corrected chi connectivity index (χ2v) is 7.11. The lowest BCUT2D eigenvalue weighted by Crippen LogP contribution is -2.21. The highest BCUT2D eigenvalue weighted by molar-refractivity contribution is 5.90. The van der Waals surface area contributed by atoms with E-state index in [1.807, 2.05) is 31.2 Å². The molecule has 0 spiro atoms. The van der Waals surface area contributed by atoms with Crippen molar-refractivity contribution in [2.75, 3.05) is 26.1 Å². The first-order valence-corrected chi connectivity index (χ1v) is 9.59. The van der Waals surface area contributed by atoms with Gasteiger partial charge in [-0.2, -0.15) is 4.98 Å². The van der Waals surface area contributed by atoms with Crippen molar-refractivity contribution >= 4 is 11.9 Å². The van der Waals surface area contributed by atoms with Crippen LogP contribution >= 0.6 is 0 Å². The van der Waals surface area contributed by atoms with Crippen molar-refractivity contribution in [1.82, 2.24) is 15.2 Å². The average molecular weight is 410 g/mol. The van der Waals surface area contributed by atoms with Crippen LogP contribution in [-0.4, -0.2) is 41.9 Å². The summed E-state index contributed by atoms with van der Waals surface area (Å²) in [5, 5.41) is 9.50. The zero-order valence-electron chi connectivity index (χ0n) is 17.8. The molecule has 30 heavy (non-hydrogen) atoms. The molecule has 3 aromatic rings. The third-order valence-corrected chi connectivity index (χ3v) is 4.54. The van der Waals surface area contributed by atoms with Gasteiger partial charge in [-0.3, -0.25) is 15.2 Å². The fourth-order valence-electron chi connectivity index (χ4n) is 2.98. The average Bonchev–Trinajstić information content (AvgIpc) is 3.19. The van der Waals surface area contributed by atoms with Gasteiger partial charge in [-0.15, -0.1) is 5.10 Å². The van der Waals surface area contributed by atoms with Gasteiger partial charge >= 0.3 is 0 Å². The number of amides is 1. The standard InChI is InChI=1S/C22H26N4O4/c1-13(2)16-8-6-14(3)10-18(16)30-12-20(27)23-22-24-21(25-26-22)15-7-9-17(28-4)19(11-15)29-5/h6-11,13H,12H2,1-5H3,(H2,23,24,25,26,27). The number of methoxy groups -OCH3 is 2. The predicted molar refractivity (Wildman–Crippen MR) is 114 cm³/mol. The number of nitrogens with one attached hydrogen (secondary N) is 2. The molecule has 0 aliphatic heterocycles. The second kappa shape index (κ2) is 9.30. The molecule has 8 heteroatoms. The van der Waals surface area contributed by atoms with Gasteiger partial charge in [0.2, 0.25) is 5.95 Å². The molecule has 0 fully saturated rings. The fourth-order valence-corrected chi connectivity index (χ4v) is 2.98. The van der Waals surface area contributed by atoms with E-state index in [1.54, 1.807) is 26.4 Å². The molecule has 8 nitrogen and oxygen atoms in total. The molecule has 0 atom stereocenters. The van der Waals surface area contributed by atoms with E-state index in [4.69, 9.17) is 14.2 Å². The first-order valence-electron chi connectivity index (χ1n) is 9.59. The Morgan fingerprint density at radius 2 is 1.83 bits per heavy atom. The van der Waals surface area contributed by atoms with Crippen molar-refractivity contribution in [3.8, 4) is 28.6 Å². The summed E-state index contributed by atoms with van der Waals surface area (Å²) in [7, 11) is 3.13. The van der Waals surface area contributed by atoms with E-state index in [0.717, 1.165) is 16.7 Å². The minimum Gasteiger partial charge on any atom is -0.493 e. The van der Waals surface area contributed by atoms with Crippen LogP contribution in [0.5, 0.6) is 17.2 Å². The normalized spacial score (nSPS) is 10.7. The fraction of sp³-hybridized carbons (Fsp3) is 0.318. The maximum atomic E-state index is 12.3. The number of benzene rings is 2. The summed E-state index contributed by atoms with van der Waals surface area (Å²) >= 11 is 0. The van der Waals surface area contributed by atoms with E-state index in [2.05, 4.69) is 34.3 Å². The molecule has 3 rings (SSSR count). The first kappa shape index (κ1) is 21.2. The molecule has 0 unspecified atom stereocenters. The van der Waals surface area contributed by atoms with Crippen molar-refractivity contribution in [3.63, 3.8) is 0 Å². The highest BCUT2D eigenvalue weighted by Gasteiger charge is 2.14. The van der Waals surface area contributed by atoms with E-state index in [0.29, 0.717) is 29.0 Å². The molecule has 0 radical (unpaired) electrons. The number of rotatable bonds is 8. The zero-order chi connectivity index (χ0) is 21.7. The topological polar surface area (TPSA) is 98.4 Å². The lowest BCUT2D eigenvalue weighted by molar-refractivity contribution is -0.118. The van der Waals surface area contributed by atoms with Crippen LogP contribution in [0.1, 0.15) is 30.9 Å². The van der Waals surface area contributed by atoms with Crippen LogP contribution in [0.4, 0.5) is 5.95 Å². The Morgan fingerprint density at radius 1 is 1.07 bits per heavy atom. The maximum Gasteiger partial charge on any atom is 0.264 e. The molecule has 1 heterocycles. The van der Waals surface area contributed by atoms with Gasteiger partial charge in [-0.25, -0.2) is 0 Å². The minimum atomic E-state index is -0.343. The van der Waals surface area contributed by atoms with Gasteiger partial charge in [0.15, 0.2) is 23.9 Å². The predicted octanol–water partition coefficient (Wildman–Crippen LogP) is 3.94. The van der Waals surface area contributed by atoms with Crippen LogP contribution in [0.25, 0.3) is 11.4 Å². The highest BCUT2D eigenvalue weighted by atomic mass is 16.5. The van der Waals surface area contributed by atoms with Gasteiger partial charge < -0.3 is 14.2 Å². The Labute approximate surface area is 175 Å². The third-order valence-electron chi connectivity index (χ3n) is 4.54. The molecule has 158 valence electrons. The van der Waals surface area contributed by atoms with Crippen molar-refractivity contribution < 1.29 is 19.0 Å². The summed E-state index contributed by atoms with van der Waals surface area (Å²) in [6, 6.07) is 11.4. The number of ether oxygens (including phenoxy) is 3. The van der Waals surface area contributed by atoms with Crippen molar-refractivity contribution in [2.45, 2.75) is 26.7 Å². The van der Waals surface area contributed by atoms with Crippen LogP contribution in [0.2, 0.25) is 0 Å². The van der Waals surface area contributed by atoms with Crippen LogP contribution < -0.4 is 19.5 Å². The largest absolute Gasteiger partial charge is 0.493 e. The van der Waals surface area contributed by atoms with Crippen molar-refractivity contribution in [1.29, 1.82) is 0 Å². The lowest BCUT2D eigenvalue weighted by atomic mass is 10.0. The Balaban J connectivity index is 1.65. The van der Waals surface area contributed by atoms with Gasteiger partial charge in [-0.1, -0.05) is 26.0 Å². The summed E-state index contributed by atoms with van der Waals surface area (Å²) < 4.78 is 16.3. The number of carbonyl (C=O) groups excluding carboxylic acids is 1. The number of H-pyrrole nitrogens is 1. The van der Waals surface area contributed by atoms with Crippen LogP contribution in [0.3, 0.4) is 0 Å². The molecule has 1 amide bonds. The van der Waals surface area contributed by atoms with Crippen molar-refractivity contribution in [3.05, 3.63) is 47.5 Å². The molecule has 0 aliphatic carbocycles. The monoisotopic (exact) mass is 410 g/mol. The SMILES string of the molecule is COc1ccc(-c2nc(NC(=O)COc3cc(C)ccc3C(C)C)n[nH]2)cc1OC. The third kappa shape index (κ3) is 4.89. The summed E-state index contributed by atoms with van der Waals surface area (Å²) in [4.78, 5) is 16.6. The number of aromatic nitrogens is 3. The van der Waals surface area contributed by atoms with Crippen LogP contribution in [-0.2, 0) is 4.79 Å². The van der Waals surface area contributed by atoms with Gasteiger partial charge in [-0.05, 0) is 48.2 Å². The van der Waals surface area contributed by atoms with Crippen LogP contribution in [0.15, 0.2) is 36.4 Å². The molecule has 0 aliphatic rings. The van der Waals surface area contributed by atoms with E-state index in [1.165, 1.54) is 0 Å². The minimum absolute atomic E-state index is 0.136. The Kier molecular flexibility index (Phi) is 6.56. The van der Waals surface area contributed by atoms with Gasteiger partial charge in [0.05, 0.1) is 14.2 Å². The quantitative estimate of drug-likeness (QED) is 0.584. The zero-order valence-corrected chi connectivity index (χ0v) is 17.8. The highest BCUT2D eigenvalue weighted by Crippen LogP contribution is 2.31. The molecular formula is C22H26N4O4. The van der Waals surface area contributed by atoms with E-state index in [9.17, 15) is 4.79 Å². The molecule has 0 saturated carbocycles. The summed E-state index contributed by atoms with van der Waals surface area (Å²) in [5.74, 6) is 2.51. The van der Waals surface area contributed by atoms with E-state index in [-0.39, 0.29) is 18.5 Å². The number of aryl methyl sites for hydroxylation is 1. The Morgan fingerprint density at radius 3 is 2.53 bits per heavy atom. The molecule has 2 aromatic carbocycles. The summed E-state index contributed by atoms with van der Waals surface area (Å²) in [5.41, 5.74) is 2.88. The van der Waals surface area contributed by atoms with Gasteiger partial charge in [0.1, 0.15) is 5.75 Å². The molecule has 0 bridgehead atoms. The second-order valence-electron chi connectivity index (χ2n) is 7.11. The van der Waals surface area contributed by atoms with E-state index >= 15 is 0 Å². The Hall–Kier alpha value is -3.55. The van der Waals surface area contributed by atoms with E-state index < -0.39 is 0 Å². The summed E-state index contributed by atoms with van der Waals surface area (Å²) in [6.45, 7) is 6.02. The number of carbonyl (C=O) groups is 1. The van der Waals surface area contributed by atoms with Crippen molar-refractivity contribution in [2.24, 2.45) is 0 Å². The van der Waals surface area contributed by atoms with Gasteiger partial charge in [0.25, 0.3) is 5.91 Å². The summed E-state index contributed by atoms with van der Waals surface area (Å²) in [6.07, 6.45) is 0. The molecule has 2 N–H and O–H groups in total. The van der Waals surface area contributed by atoms with Crippen LogP contribution in [0, 0.1) is 6.92 Å². The number of hydrogen-bond donors (Lipinski definition) is 2. The Bertz CT molecular complexity index is 1030.